The zero-order valence-electron chi connectivity index (χ0n) is 11.4. The van der Waals surface area contributed by atoms with Crippen molar-refractivity contribution in [3.05, 3.63) is 35.1 Å². The Balaban J connectivity index is 2.18. The zero-order valence-corrected chi connectivity index (χ0v) is 11.4. The van der Waals surface area contributed by atoms with Crippen molar-refractivity contribution in [1.82, 2.24) is 9.80 Å². The quantitative estimate of drug-likeness (QED) is 0.862. The fourth-order valence-corrected chi connectivity index (χ4v) is 2.53. The first kappa shape index (κ1) is 13.5. The van der Waals surface area contributed by atoms with E-state index in [0.29, 0.717) is 5.56 Å². The van der Waals surface area contributed by atoms with Crippen LogP contribution in [0.4, 0.5) is 4.39 Å². The topological polar surface area (TPSA) is 32.5 Å². The molecule has 0 aromatic heterocycles. The van der Waals surface area contributed by atoms with E-state index in [-0.39, 0.29) is 17.9 Å². The summed E-state index contributed by atoms with van der Waals surface area (Å²) in [6.07, 6.45) is 0. The summed E-state index contributed by atoms with van der Waals surface area (Å²) in [5.41, 5.74) is 8.03. The summed E-state index contributed by atoms with van der Waals surface area (Å²) >= 11 is 0. The highest BCUT2D eigenvalue weighted by atomic mass is 19.1. The fourth-order valence-electron chi connectivity index (χ4n) is 2.53. The number of hydrogen-bond acceptors (Lipinski definition) is 3. The molecule has 2 unspecified atom stereocenters. The molecular weight excluding hydrogens is 229 g/mol. The van der Waals surface area contributed by atoms with Crippen molar-refractivity contribution in [2.24, 2.45) is 5.73 Å². The number of benzene rings is 1. The van der Waals surface area contributed by atoms with Gasteiger partial charge in [0.15, 0.2) is 0 Å². The van der Waals surface area contributed by atoms with Crippen LogP contribution in [0.1, 0.15) is 17.2 Å². The van der Waals surface area contributed by atoms with Crippen molar-refractivity contribution in [3.63, 3.8) is 0 Å². The lowest BCUT2D eigenvalue weighted by atomic mass is 9.96. The van der Waals surface area contributed by atoms with Gasteiger partial charge in [-0.1, -0.05) is 12.1 Å². The maximum Gasteiger partial charge on any atom is 0.126 e. The molecule has 1 fully saturated rings. The summed E-state index contributed by atoms with van der Waals surface area (Å²) < 4.78 is 13.3. The summed E-state index contributed by atoms with van der Waals surface area (Å²) in [4.78, 5) is 4.59. The Morgan fingerprint density at radius 3 is 2.72 bits per heavy atom. The van der Waals surface area contributed by atoms with Crippen LogP contribution < -0.4 is 5.73 Å². The van der Waals surface area contributed by atoms with Gasteiger partial charge in [-0.05, 0) is 38.2 Å². The number of aryl methyl sites for hydroxylation is 1. The molecule has 3 nitrogen and oxygen atoms in total. The Hall–Kier alpha value is -0.970. The minimum Gasteiger partial charge on any atom is -0.323 e. The van der Waals surface area contributed by atoms with Gasteiger partial charge in [0.2, 0.25) is 0 Å². The Morgan fingerprint density at radius 2 is 2.06 bits per heavy atom. The first-order valence-electron chi connectivity index (χ1n) is 6.39. The van der Waals surface area contributed by atoms with Crippen LogP contribution in [0.15, 0.2) is 18.2 Å². The third-order valence-electron chi connectivity index (χ3n) is 3.88. The predicted molar refractivity (Wildman–Crippen MR) is 72.0 cm³/mol. The van der Waals surface area contributed by atoms with Gasteiger partial charge < -0.3 is 10.6 Å². The van der Waals surface area contributed by atoms with Gasteiger partial charge in [0.1, 0.15) is 5.82 Å². The zero-order chi connectivity index (χ0) is 13.3. The monoisotopic (exact) mass is 251 g/mol. The molecule has 0 radical (unpaired) electrons. The highest BCUT2D eigenvalue weighted by Crippen LogP contribution is 2.22. The number of piperazine rings is 1. The summed E-state index contributed by atoms with van der Waals surface area (Å²) in [5.74, 6) is -0.167. The second-order valence-corrected chi connectivity index (χ2v) is 5.34. The standard InChI is InChI=1S/C14H22FN3/c1-10-8-11(4-5-12(10)15)14(16)13-9-17(2)6-7-18(13)3/h4-5,8,13-14H,6-7,9,16H2,1-3H3. The maximum atomic E-state index is 13.3. The molecule has 1 aliphatic rings. The highest BCUT2D eigenvalue weighted by Gasteiger charge is 2.28. The third-order valence-corrected chi connectivity index (χ3v) is 3.88. The van der Waals surface area contributed by atoms with Crippen molar-refractivity contribution < 1.29 is 4.39 Å². The normalized spacial score (nSPS) is 24.2. The Labute approximate surface area is 108 Å². The van der Waals surface area contributed by atoms with Gasteiger partial charge in [0.05, 0.1) is 0 Å². The van der Waals surface area contributed by atoms with E-state index in [4.69, 9.17) is 5.73 Å². The molecule has 2 N–H and O–H groups in total. The Kier molecular flexibility index (Phi) is 4.00. The number of hydrogen-bond donors (Lipinski definition) is 1. The third kappa shape index (κ3) is 2.71. The number of halogens is 1. The van der Waals surface area contributed by atoms with Crippen LogP contribution in [0.2, 0.25) is 0 Å². The van der Waals surface area contributed by atoms with Gasteiger partial charge in [-0.15, -0.1) is 0 Å². The number of nitrogens with two attached hydrogens (primary N) is 1. The van der Waals surface area contributed by atoms with E-state index in [0.717, 1.165) is 25.2 Å². The number of rotatable bonds is 2. The van der Waals surface area contributed by atoms with Crippen LogP contribution in [0.3, 0.4) is 0 Å². The van der Waals surface area contributed by atoms with Crippen molar-refractivity contribution in [3.8, 4) is 0 Å². The van der Waals surface area contributed by atoms with Crippen LogP contribution in [-0.2, 0) is 0 Å². The molecule has 0 saturated carbocycles. The van der Waals surface area contributed by atoms with Crippen LogP contribution in [0, 0.1) is 12.7 Å². The van der Waals surface area contributed by atoms with E-state index in [1.165, 1.54) is 6.07 Å². The Bertz CT molecular complexity index is 422. The summed E-state index contributed by atoms with van der Waals surface area (Å²) in [5, 5.41) is 0. The van der Waals surface area contributed by atoms with Crippen LogP contribution in [0.5, 0.6) is 0 Å². The van der Waals surface area contributed by atoms with Crippen molar-refractivity contribution in [2.75, 3.05) is 33.7 Å². The summed E-state index contributed by atoms with van der Waals surface area (Å²) in [7, 11) is 4.22. The molecule has 100 valence electrons. The molecule has 2 atom stereocenters. The molecule has 0 spiro atoms. The van der Waals surface area contributed by atoms with E-state index in [1.54, 1.807) is 13.0 Å². The molecule has 0 amide bonds. The summed E-state index contributed by atoms with van der Waals surface area (Å²) in [6.45, 7) is 4.83. The molecule has 1 aromatic rings. The molecule has 0 bridgehead atoms. The Morgan fingerprint density at radius 1 is 1.33 bits per heavy atom. The van der Waals surface area contributed by atoms with Gasteiger partial charge in [-0.25, -0.2) is 4.39 Å². The minimum absolute atomic E-state index is 0.0722. The minimum atomic E-state index is -0.167. The maximum absolute atomic E-state index is 13.3. The van der Waals surface area contributed by atoms with Gasteiger partial charge in [-0.2, -0.15) is 0 Å². The smallest absolute Gasteiger partial charge is 0.126 e. The number of nitrogens with zero attached hydrogens (tertiary/aromatic N) is 2. The first-order valence-corrected chi connectivity index (χ1v) is 6.39. The lowest BCUT2D eigenvalue weighted by Crippen LogP contribution is -2.54. The lowest BCUT2D eigenvalue weighted by molar-refractivity contribution is 0.0974. The average molecular weight is 251 g/mol. The van der Waals surface area contributed by atoms with Gasteiger partial charge in [0.25, 0.3) is 0 Å². The van der Waals surface area contributed by atoms with E-state index in [2.05, 4.69) is 23.9 Å². The van der Waals surface area contributed by atoms with E-state index < -0.39 is 0 Å². The number of likely N-dealkylation sites (N-methyl/N-ethyl adjacent to an activating group) is 2. The second-order valence-electron chi connectivity index (χ2n) is 5.34. The molecule has 1 saturated heterocycles. The van der Waals surface area contributed by atoms with Crippen molar-refractivity contribution >= 4 is 0 Å². The highest BCUT2D eigenvalue weighted by molar-refractivity contribution is 5.27. The summed E-state index contributed by atoms with van der Waals surface area (Å²) in [6, 6.07) is 5.39. The van der Waals surface area contributed by atoms with Gasteiger partial charge in [0, 0.05) is 31.7 Å². The van der Waals surface area contributed by atoms with Crippen LogP contribution in [0.25, 0.3) is 0 Å². The SMILES string of the molecule is Cc1cc(C(N)C2CN(C)CCN2C)ccc1F. The molecule has 1 heterocycles. The molecule has 1 aliphatic heterocycles. The van der Waals surface area contributed by atoms with Crippen molar-refractivity contribution in [2.45, 2.75) is 19.0 Å². The molecular formula is C14H22FN3. The predicted octanol–water partition coefficient (Wildman–Crippen LogP) is 1.38. The molecule has 0 aliphatic carbocycles. The van der Waals surface area contributed by atoms with Gasteiger partial charge >= 0.3 is 0 Å². The molecule has 18 heavy (non-hydrogen) atoms. The lowest BCUT2D eigenvalue weighted by Gasteiger charge is -2.40. The molecule has 1 aromatic carbocycles. The van der Waals surface area contributed by atoms with E-state index >= 15 is 0 Å². The molecule has 2 rings (SSSR count). The fraction of sp³-hybridized carbons (Fsp3) is 0.571. The van der Waals surface area contributed by atoms with E-state index in [1.807, 2.05) is 6.07 Å². The average Bonchev–Trinajstić information content (AvgIpc) is 2.35. The van der Waals surface area contributed by atoms with Crippen molar-refractivity contribution in [1.29, 1.82) is 0 Å². The first-order chi connectivity index (χ1) is 8.49. The largest absolute Gasteiger partial charge is 0.323 e. The van der Waals surface area contributed by atoms with Crippen LogP contribution >= 0.6 is 0 Å². The van der Waals surface area contributed by atoms with E-state index in [9.17, 15) is 4.39 Å². The molecule has 4 heteroatoms. The van der Waals surface area contributed by atoms with Crippen LogP contribution in [-0.4, -0.2) is 49.6 Å². The second kappa shape index (κ2) is 5.34. The van der Waals surface area contributed by atoms with Gasteiger partial charge in [-0.3, -0.25) is 4.90 Å².